The summed E-state index contributed by atoms with van der Waals surface area (Å²) in [6.45, 7) is 3.73. The van der Waals surface area contributed by atoms with E-state index < -0.39 is 16.3 Å². The molecule has 104 valence electrons. The second kappa shape index (κ2) is 5.26. The van der Waals surface area contributed by atoms with Gasteiger partial charge in [0.25, 0.3) is 0 Å². The molecule has 0 radical (unpaired) electrons. The molecule has 6 nitrogen and oxygen atoms in total. The lowest BCUT2D eigenvalue weighted by molar-refractivity contribution is -0.380. The van der Waals surface area contributed by atoms with E-state index in [0.717, 1.165) is 22.8 Å². The second-order valence-corrected chi connectivity index (χ2v) is 6.04. The van der Waals surface area contributed by atoms with Crippen LogP contribution in [0.25, 0.3) is 0 Å². The van der Waals surface area contributed by atoms with Crippen LogP contribution in [-0.2, 0) is 11.3 Å². The lowest BCUT2D eigenvalue weighted by Gasteiger charge is -2.22. The summed E-state index contributed by atoms with van der Waals surface area (Å²) in [5.74, 6) is -0.741. The lowest BCUT2D eigenvalue weighted by Crippen LogP contribution is -2.33. The summed E-state index contributed by atoms with van der Waals surface area (Å²) in [6.07, 6.45) is 1.26. The molecule has 0 aromatic carbocycles. The molecule has 0 aliphatic carbocycles. The van der Waals surface area contributed by atoms with Gasteiger partial charge in [-0.05, 0) is 25.5 Å². The van der Waals surface area contributed by atoms with E-state index in [2.05, 4.69) is 4.90 Å². The highest BCUT2D eigenvalue weighted by Gasteiger charge is 2.43. The van der Waals surface area contributed by atoms with E-state index in [9.17, 15) is 20.0 Å². The summed E-state index contributed by atoms with van der Waals surface area (Å²) in [5, 5.41) is 20.1. The van der Waals surface area contributed by atoms with E-state index in [1.807, 2.05) is 6.92 Å². The Morgan fingerprint density at radius 1 is 1.63 bits per heavy atom. The van der Waals surface area contributed by atoms with Crippen LogP contribution in [0.1, 0.15) is 24.6 Å². The number of hydrogen-bond acceptors (Lipinski definition) is 5. The minimum atomic E-state index is -0.741. The van der Waals surface area contributed by atoms with Crippen molar-refractivity contribution in [1.82, 2.24) is 4.90 Å². The predicted octanol–water partition coefficient (Wildman–Crippen LogP) is 2.34. The van der Waals surface area contributed by atoms with Gasteiger partial charge in [0.05, 0.1) is 10.3 Å². The quantitative estimate of drug-likeness (QED) is 0.662. The van der Waals surface area contributed by atoms with Crippen LogP contribution in [0.15, 0.2) is 12.1 Å². The summed E-state index contributed by atoms with van der Waals surface area (Å²) in [5.41, 5.74) is -0.650. The standard InChI is InChI=1S/C12H16N2O4S/c1-2-12(11(15)16)5-6-13(8-12)7-9-3-4-10(19-9)14(17)18/h3-4H,2,5-8H2,1H3,(H,15,16). The van der Waals surface area contributed by atoms with Gasteiger partial charge in [0, 0.05) is 24.0 Å². The maximum absolute atomic E-state index is 11.3. The molecule has 7 heteroatoms. The molecule has 1 unspecified atom stereocenters. The molecule has 0 saturated carbocycles. The van der Waals surface area contributed by atoms with Gasteiger partial charge in [0.2, 0.25) is 0 Å². The zero-order chi connectivity index (χ0) is 14.0. The molecular formula is C12H16N2O4S. The Labute approximate surface area is 114 Å². The van der Waals surface area contributed by atoms with Crippen LogP contribution >= 0.6 is 11.3 Å². The minimum absolute atomic E-state index is 0.134. The predicted molar refractivity (Wildman–Crippen MR) is 71.2 cm³/mol. The zero-order valence-corrected chi connectivity index (χ0v) is 11.5. The summed E-state index contributed by atoms with van der Waals surface area (Å²) in [7, 11) is 0. The Balaban J connectivity index is 2.01. The molecule has 0 spiro atoms. The number of nitro groups is 1. The molecule has 0 bridgehead atoms. The zero-order valence-electron chi connectivity index (χ0n) is 10.7. The Bertz CT molecular complexity index is 502. The normalized spacial score (nSPS) is 23.6. The first-order valence-corrected chi connectivity index (χ1v) is 6.97. The van der Waals surface area contributed by atoms with Gasteiger partial charge in [-0.25, -0.2) is 0 Å². The molecule has 2 rings (SSSR count). The molecule has 1 aromatic heterocycles. The molecule has 1 saturated heterocycles. The number of carboxylic acid groups (broad SMARTS) is 1. The van der Waals surface area contributed by atoms with E-state index in [4.69, 9.17) is 0 Å². The van der Waals surface area contributed by atoms with Crippen LogP contribution in [0, 0.1) is 15.5 Å². The Hall–Kier alpha value is -1.47. The molecule has 1 aliphatic rings. The van der Waals surface area contributed by atoms with Crippen LogP contribution in [-0.4, -0.2) is 34.0 Å². The summed E-state index contributed by atoms with van der Waals surface area (Å²) in [6, 6.07) is 3.25. The molecule has 1 atom stereocenters. The number of hydrogen-bond donors (Lipinski definition) is 1. The van der Waals surface area contributed by atoms with Gasteiger partial charge in [-0.3, -0.25) is 19.8 Å². The fourth-order valence-corrected chi connectivity index (χ4v) is 3.34. The number of likely N-dealkylation sites (tertiary alicyclic amines) is 1. The molecule has 1 N–H and O–H groups in total. The van der Waals surface area contributed by atoms with Gasteiger partial charge in [-0.1, -0.05) is 18.3 Å². The maximum atomic E-state index is 11.3. The van der Waals surface area contributed by atoms with Crippen molar-refractivity contribution in [1.29, 1.82) is 0 Å². The van der Waals surface area contributed by atoms with Crippen LogP contribution in [0.5, 0.6) is 0 Å². The molecule has 19 heavy (non-hydrogen) atoms. The van der Waals surface area contributed by atoms with Crippen LogP contribution < -0.4 is 0 Å². The van der Waals surface area contributed by atoms with Crippen molar-refractivity contribution < 1.29 is 14.8 Å². The van der Waals surface area contributed by atoms with E-state index >= 15 is 0 Å². The lowest BCUT2D eigenvalue weighted by atomic mass is 9.84. The van der Waals surface area contributed by atoms with E-state index in [0.29, 0.717) is 25.9 Å². The van der Waals surface area contributed by atoms with Gasteiger partial charge in [0.15, 0.2) is 0 Å². The first-order valence-electron chi connectivity index (χ1n) is 6.16. The van der Waals surface area contributed by atoms with Gasteiger partial charge >= 0.3 is 11.0 Å². The summed E-state index contributed by atoms with van der Waals surface area (Å²) < 4.78 is 0. The molecule has 1 aliphatic heterocycles. The number of aliphatic carboxylic acids is 1. The van der Waals surface area contributed by atoms with Gasteiger partial charge < -0.3 is 5.11 Å². The third-order valence-electron chi connectivity index (χ3n) is 3.77. The monoisotopic (exact) mass is 284 g/mol. The fourth-order valence-electron chi connectivity index (χ4n) is 2.48. The number of carboxylic acids is 1. The molecule has 1 fully saturated rings. The first kappa shape index (κ1) is 14.0. The van der Waals surface area contributed by atoms with Gasteiger partial charge in [0.1, 0.15) is 0 Å². The smallest absolute Gasteiger partial charge is 0.324 e. The highest BCUT2D eigenvalue weighted by Crippen LogP contribution is 2.35. The van der Waals surface area contributed by atoms with Crippen molar-refractivity contribution in [3.63, 3.8) is 0 Å². The highest BCUT2D eigenvalue weighted by atomic mass is 32.1. The SMILES string of the molecule is CCC1(C(=O)O)CCN(Cc2ccc([N+](=O)[O-])s2)C1. The molecular weight excluding hydrogens is 268 g/mol. The fraction of sp³-hybridized carbons (Fsp3) is 0.583. The Morgan fingerprint density at radius 2 is 2.37 bits per heavy atom. The summed E-state index contributed by atoms with van der Waals surface area (Å²) in [4.78, 5) is 24.5. The van der Waals surface area contributed by atoms with E-state index in [1.54, 1.807) is 6.07 Å². The Kier molecular flexibility index (Phi) is 3.86. The van der Waals surface area contributed by atoms with Crippen molar-refractivity contribution in [2.24, 2.45) is 5.41 Å². The van der Waals surface area contributed by atoms with E-state index in [1.165, 1.54) is 6.07 Å². The van der Waals surface area contributed by atoms with Gasteiger partial charge in [-0.15, -0.1) is 0 Å². The van der Waals surface area contributed by atoms with Crippen LogP contribution in [0.3, 0.4) is 0 Å². The average molecular weight is 284 g/mol. The third kappa shape index (κ3) is 2.76. The van der Waals surface area contributed by atoms with E-state index in [-0.39, 0.29) is 5.00 Å². The first-order chi connectivity index (χ1) is 8.97. The van der Waals surface area contributed by atoms with Crippen molar-refractivity contribution >= 4 is 22.3 Å². The van der Waals surface area contributed by atoms with Crippen molar-refractivity contribution in [3.8, 4) is 0 Å². The Morgan fingerprint density at radius 3 is 2.84 bits per heavy atom. The third-order valence-corrected chi connectivity index (χ3v) is 4.79. The van der Waals surface area contributed by atoms with Crippen molar-refractivity contribution in [3.05, 3.63) is 27.1 Å². The molecule has 2 heterocycles. The topological polar surface area (TPSA) is 83.7 Å². The maximum Gasteiger partial charge on any atom is 0.324 e. The second-order valence-electron chi connectivity index (χ2n) is 4.90. The number of thiophene rings is 1. The van der Waals surface area contributed by atoms with Crippen LogP contribution in [0.4, 0.5) is 5.00 Å². The average Bonchev–Trinajstić information content (AvgIpc) is 2.97. The highest BCUT2D eigenvalue weighted by molar-refractivity contribution is 7.15. The van der Waals surface area contributed by atoms with Gasteiger partial charge in [-0.2, -0.15) is 0 Å². The largest absolute Gasteiger partial charge is 0.481 e. The molecule has 0 amide bonds. The van der Waals surface area contributed by atoms with Crippen molar-refractivity contribution in [2.45, 2.75) is 26.3 Å². The number of carbonyl (C=O) groups is 1. The van der Waals surface area contributed by atoms with Crippen LogP contribution in [0.2, 0.25) is 0 Å². The number of rotatable bonds is 5. The minimum Gasteiger partial charge on any atom is -0.481 e. The molecule has 1 aromatic rings. The summed E-state index contributed by atoms with van der Waals surface area (Å²) >= 11 is 1.16. The number of nitrogens with zero attached hydrogens (tertiary/aromatic N) is 2. The van der Waals surface area contributed by atoms with Crippen molar-refractivity contribution in [2.75, 3.05) is 13.1 Å².